The van der Waals surface area contributed by atoms with Crippen molar-refractivity contribution in [2.75, 3.05) is 30.8 Å². The molecule has 0 unspecified atom stereocenters. The highest BCUT2D eigenvalue weighted by Crippen LogP contribution is 2.10. The van der Waals surface area contributed by atoms with Crippen LogP contribution in [0.4, 0.5) is 17.1 Å². The minimum atomic E-state index is 0.713. The summed E-state index contributed by atoms with van der Waals surface area (Å²) < 4.78 is 0. The van der Waals surface area contributed by atoms with E-state index >= 15 is 0 Å². The zero-order valence-electron chi connectivity index (χ0n) is 15.1. The molecule has 0 spiro atoms. The Morgan fingerprint density at radius 3 is 1.80 bits per heavy atom. The molecule has 0 saturated carbocycles. The van der Waals surface area contributed by atoms with Crippen molar-refractivity contribution in [2.45, 2.75) is 13.8 Å². The molecule has 0 bridgehead atoms. The molecule has 25 heavy (non-hydrogen) atoms. The minimum absolute atomic E-state index is 0.713. The lowest BCUT2D eigenvalue weighted by molar-refractivity contribution is 0.399. The standard InChI is InChI=1S/C8H11N.C6H8N2.C4H10N4/c1-6-3-4-8(9)5-7(6)2;7-5-2-1-3-6(8)4-5;1-8(5)4-2-3-6-7-4/h3-5H,9H2,1-2H3;1-4H,7-8H2;2,6-7H,3,5H2,1H3. The fraction of sp³-hybridized carbons (Fsp3) is 0.222. The molecule has 1 aliphatic heterocycles. The summed E-state index contributed by atoms with van der Waals surface area (Å²) in [5.74, 6) is 6.28. The third kappa shape index (κ3) is 7.96. The Bertz CT molecular complexity index is 678. The number of nitrogens with one attached hydrogen (secondary N) is 2. The molecule has 1 heterocycles. The van der Waals surface area contributed by atoms with Crippen LogP contribution in [0, 0.1) is 13.8 Å². The van der Waals surface area contributed by atoms with Crippen LogP contribution in [0.2, 0.25) is 0 Å². The highest BCUT2D eigenvalue weighted by Gasteiger charge is 2.02. The molecule has 7 nitrogen and oxygen atoms in total. The maximum Gasteiger partial charge on any atom is 0.127 e. The molecule has 0 fully saturated rings. The Kier molecular flexibility index (Phi) is 8.11. The number of rotatable bonds is 1. The number of anilines is 3. The second-order valence-corrected chi connectivity index (χ2v) is 5.72. The monoisotopic (exact) mass is 343 g/mol. The van der Waals surface area contributed by atoms with Gasteiger partial charge >= 0.3 is 0 Å². The lowest BCUT2D eigenvalue weighted by atomic mass is 10.1. The largest absolute Gasteiger partial charge is 0.399 e. The van der Waals surface area contributed by atoms with E-state index < -0.39 is 0 Å². The summed E-state index contributed by atoms with van der Waals surface area (Å²) in [7, 11) is 1.78. The van der Waals surface area contributed by atoms with E-state index in [2.05, 4.69) is 24.7 Å². The predicted molar refractivity (Wildman–Crippen MR) is 107 cm³/mol. The number of nitrogens with two attached hydrogens (primary N) is 4. The molecule has 10 N–H and O–H groups in total. The maximum atomic E-state index is 5.53. The van der Waals surface area contributed by atoms with Crippen molar-refractivity contribution in [3.8, 4) is 0 Å². The lowest BCUT2D eigenvalue weighted by Crippen LogP contribution is -2.35. The van der Waals surface area contributed by atoms with Crippen molar-refractivity contribution in [3.63, 3.8) is 0 Å². The topological polar surface area (TPSA) is 131 Å². The summed E-state index contributed by atoms with van der Waals surface area (Å²) in [5, 5.41) is 1.53. The summed E-state index contributed by atoms with van der Waals surface area (Å²) in [5.41, 5.74) is 26.9. The number of nitrogens with zero attached hydrogens (tertiary/aromatic N) is 1. The maximum absolute atomic E-state index is 5.53. The average molecular weight is 343 g/mol. The van der Waals surface area contributed by atoms with E-state index in [9.17, 15) is 0 Å². The first-order valence-electron chi connectivity index (χ1n) is 7.90. The van der Waals surface area contributed by atoms with E-state index in [1.165, 1.54) is 16.1 Å². The lowest BCUT2D eigenvalue weighted by Gasteiger charge is -2.12. The van der Waals surface area contributed by atoms with Gasteiger partial charge in [0.2, 0.25) is 0 Å². The Hall–Kier alpha value is -2.90. The molecule has 0 aliphatic carbocycles. The van der Waals surface area contributed by atoms with Gasteiger partial charge in [0.25, 0.3) is 0 Å². The first kappa shape index (κ1) is 20.1. The van der Waals surface area contributed by atoms with Crippen LogP contribution in [-0.2, 0) is 0 Å². The Balaban J connectivity index is 0.000000188. The highest BCUT2D eigenvalue weighted by molar-refractivity contribution is 5.50. The molecule has 0 amide bonds. The molecule has 3 rings (SSSR count). The summed E-state index contributed by atoms with van der Waals surface area (Å²) in [6.07, 6.45) is 1.97. The molecule has 1 aliphatic rings. The molecular weight excluding hydrogens is 314 g/mol. The van der Waals surface area contributed by atoms with Gasteiger partial charge in [0.05, 0.1) is 0 Å². The van der Waals surface area contributed by atoms with Crippen molar-refractivity contribution in [2.24, 2.45) is 5.84 Å². The van der Waals surface area contributed by atoms with Crippen molar-refractivity contribution in [3.05, 3.63) is 65.5 Å². The fourth-order valence-electron chi connectivity index (χ4n) is 1.90. The zero-order valence-corrected chi connectivity index (χ0v) is 15.1. The number of aryl methyl sites for hydroxylation is 2. The Morgan fingerprint density at radius 1 is 0.880 bits per heavy atom. The average Bonchev–Trinajstić information content (AvgIpc) is 3.07. The Morgan fingerprint density at radius 2 is 1.48 bits per heavy atom. The number of hydrogen-bond acceptors (Lipinski definition) is 7. The third-order valence-corrected chi connectivity index (χ3v) is 3.44. The third-order valence-electron chi connectivity index (χ3n) is 3.44. The minimum Gasteiger partial charge on any atom is -0.399 e. The van der Waals surface area contributed by atoms with E-state index in [-0.39, 0.29) is 0 Å². The molecule has 2 aromatic rings. The van der Waals surface area contributed by atoms with E-state index in [1.54, 1.807) is 25.2 Å². The summed E-state index contributed by atoms with van der Waals surface area (Å²) in [4.78, 5) is 0. The quantitative estimate of drug-likeness (QED) is 0.262. The van der Waals surface area contributed by atoms with Crippen molar-refractivity contribution in [1.29, 1.82) is 0 Å². The van der Waals surface area contributed by atoms with Gasteiger partial charge in [0, 0.05) is 30.7 Å². The molecule has 136 valence electrons. The van der Waals surface area contributed by atoms with Crippen molar-refractivity contribution < 1.29 is 0 Å². The zero-order chi connectivity index (χ0) is 18.8. The molecule has 0 aromatic heterocycles. The van der Waals surface area contributed by atoms with Crippen molar-refractivity contribution in [1.82, 2.24) is 15.9 Å². The summed E-state index contributed by atoms with van der Waals surface area (Å²) in [6.45, 7) is 4.98. The highest BCUT2D eigenvalue weighted by atomic mass is 15.5. The van der Waals surface area contributed by atoms with Crippen LogP contribution in [0.5, 0.6) is 0 Å². The molecule has 0 atom stereocenters. The second kappa shape index (κ2) is 10.1. The van der Waals surface area contributed by atoms with E-state index in [0.717, 1.165) is 18.1 Å². The van der Waals surface area contributed by atoms with Gasteiger partial charge in [0.15, 0.2) is 0 Å². The SMILES string of the molecule is CN(N)C1=CCNN1.Cc1ccc(N)cc1C.Nc1cccc(N)c1. The van der Waals surface area contributed by atoms with Gasteiger partial charge in [-0.2, -0.15) is 0 Å². The molecule has 7 heteroatoms. The van der Waals surface area contributed by atoms with E-state index in [1.807, 2.05) is 30.3 Å². The van der Waals surface area contributed by atoms with Crippen LogP contribution >= 0.6 is 0 Å². The molecular formula is C18H29N7. The predicted octanol–water partition coefficient (Wildman–Crippen LogP) is 1.48. The van der Waals surface area contributed by atoms with Gasteiger partial charge in [-0.15, -0.1) is 0 Å². The van der Waals surface area contributed by atoms with E-state index in [4.69, 9.17) is 23.0 Å². The smallest absolute Gasteiger partial charge is 0.127 e. The second-order valence-electron chi connectivity index (χ2n) is 5.72. The first-order valence-corrected chi connectivity index (χ1v) is 7.90. The summed E-state index contributed by atoms with van der Waals surface area (Å²) in [6, 6.07) is 13.1. The van der Waals surface area contributed by atoms with Gasteiger partial charge < -0.3 is 22.6 Å². The Labute approximate surface area is 149 Å². The van der Waals surface area contributed by atoms with E-state index in [0.29, 0.717) is 11.4 Å². The normalized spacial score (nSPS) is 11.9. The molecule has 0 saturated heterocycles. The van der Waals surface area contributed by atoms with Crippen LogP contribution in [-0.4, -0.2) is 18.6 Å². The molecule has 2 aromatic carbocycles. The van der Waals surface area contributed by atoms with Gasteiger partial charge in [-0.25, -0.2) is 11.3 Å². The number of benzene rings is 2. The van der Waals surface area contributed by atoms with Crippen LogP contribution in [0.25, 0.3) is 0 Å². The van der Waals surface area contributed by atoms with Gasteiger partial charge in [-0.1, -0.05) is 12.1 Å². The number of nitrogen functional groups attached to an aromatic ring is 3. The van der Waals surface area contributed by atoms with Gasteiger partial charge in [-0.05, 0) is 61.4 Å². The van der Waals surface area contributed by atoms with Crippen LogP contribution < -0.4 is 33.9 Å². The first-order chi connectivity index (χ1) is 11.8. The van der Waals surface area contributed by atoms with Crippen LogP contribution in [0.3, 0.4) is 0 Å². The summed E-state index contributed by atoms with van der Waals surface area (Å²) >= 11 is 0. The number of hydrazine groups is 2. The fourth-order valence-corrected chi connectivity index (χ4v) is 1.90. The van der Waals surface area contributed by atoms with Gasteiger partial charge in [0.1, 0.15) is 5.82 Å². The van der Waals surface area contributed by atoms with Gasteiger partial charge in [-0.3, -0.25) is 5.01 Å². The molecule has 0 radical (unpaired) electrons. The number of hydrogen-bond donors (Lipinski definition) is 6. The van der Waals surface area contributed by atoms with Crippen molar-refractivity contribution >= 4 is 17.1 Å². The van der Waals surface area contributed by atoms with Crippen LogP contribution in [0.15, 0.2) is 54.4 Å². The van der Waals surface area contributed by atoms with Crippen LogP contribution in [0.1, 0.15) is 11.1 Å².